The highest BCUT2D eigenvalue weighted by Crippen LogP contribution is 2.23. The molecule has 2 nitrogen and oxygen atoms in total. The van der Waals surface area contributed by atoms with Gasteiger partial charge in [-0.3, -0.25) is 0 Å². The second-order valence-electron chi connectivity index (χ2n) is 3.57. The number of nitrogens with one attached hydrogen (secondary N) is 1. The smallest absolute Gasteiger partial charge is 0.0628 e. The highest BCUT2D eigenvalue weighted by Gasteiger charge is 2.08. The van der Waals surface area contributed by atoms with Gasteiger partial charge in [0.15, 0.2) is 0 Å². The molecule has 3 N–H and O–H groups in total. The molecule has 0 radical (unpaired) electrons. The number of anilines is 1. The van der Waals surface area contributed by atoms with Crippen LogP contribution in [0.15, 0.2) is 18.2 Å². The topological polar surface area (TPSA) is 38.0 Å². The van der Waals surface area contributed by atoms with Crippen LogP contribution < -0.4 is 11.1 Å². The number of hydrogen-bond donors (Lipinski definition) is 2. The Morgan fingerprint density at radius 3 is 2.69 bits per heavy atom. The predicted molar refractivity (Wildman–Crippen MR) is 55.8 cm³/mol. The first-order valence-corrected chi connectivity index (χ1v) is 4.96. The molecule has 1 aromatic rings. The van der Waals surface area contributed by atoms with E-state index in [0.717, 1.165) is 5.69 Å². The SMILES string of the molecule is NCNc1ccc2c(c1)CCCC2. The highest BCUT2D eigenvalue weighted by molar-refractivity contribution is 5.49. The van der Waals surface area contributed by atoms with Crippen LogP contribution in [0, 0.1) is 0 Å². The summed E-state index contributed by atoms with van der Waals surface area (Å²) in [6.45, 7) is 0.513. The van der Waals surface area contributed by atoms with Gasteiger partial charge in [-0.2, -0.15) is 0 Å². The van der Waals surface area contributed by atoms with Gasteiger partial charge in [-0.1, -0.05) is 6.07 Å². The number of benzene rings is 1. The van der Waals surface area contributed by atoms with E-state index in [4.69, 9.17) is 5.73 Å². The summed E-state index contributed by atoms with van der Waals surface area (Å²) < 4.78 is 0. The van der Waals surface area contributed by atoms with E-state index in [2.05, 4.69) is 23.5 Å². The first-order valence-electron chi connectivity index (χ1n) is 4.96. The average Bonchev–Trinajstić information content (AvgIpc) is 2.18. The summed E-state index contributed by atoms with van der Waals surface area (Å²) in [4.78, 5) is 0. The molecular formula is C11H16N2. The van der Waals surface area contributed by atoms with Gasteiger partial charge in [0.1, 0.15) is 0 Å². The van der Waals surface area contributed by atoms with Crippen LogP contribution in [0.5, 0.6) is 0 Å². The number of nitrogens with two attached hydrogens (primary N) is 1. The highest BCUT2D eigenvalue weighted by atomic mass is 15.0. The number of aryl methyl sites for hydroxylation is 2. The minimum Gasteiger partial charge on any atom is -0.373 e. The molecular weight excluding hydrogens is 160 g/mol. The molecule has 13 heavy (non-hydrogen) atoms. The van der Waals surface area contributed by atoms with Crippen molar-refractivity contribution in [1.82, 2.24) is 0 Å². The molecule has 1 aliphatic carbocycles. The van der Waals surface area contributed by atoms with Crippen LogP contribution in [-0.2, 0) is 12.8 Å². The molecule has 2 rings (SSSR count). The van der Waals surface area contributed by atoms with Gasteiger partial charge in [0.25, 0.3) is 0 Å². The first kappa shape index (κ1) is 8.57. The van der Waals surface area contributed by atoms with Crippen molar-refractivity contribution >= 4 is 5.69 Å². The fourth-order valence-corrected chi connectivity index (χ4v) is 1.96. The van der Waals surface area contributed by atoms with E-state index in [1.165, 1.54) is 36.8 Å². The monoisotopic (exact) mass is 176 g/mol. The fourth-order valence-electron chi connectivity index (χ4n) is 1.96. The Labute approximate surface area is 79.1 Å². The molecule has 2 heteroatoms. The molecule has 1 aromatic carbocycles. The largest absolute Gasteiger partial charge is 0.373 e. The van der Waals surface area contributed by atoms with Crippen LogP contribution in [0.1, 0.15) is 24.0 Å². The molecule has 0 aromatic heterocycles. The summed E-state index contributed by atoms with van der Waals surface area (Å²) >= 11 is 0. The van der Waals surface area contributed by atoms with Crippen molar-refractivity contribution in [3.8, 4) is 0 Å². The van der Waals surface area contributed by atoms with Crippen LogP contribution >= 0.6 is 0 Å². The summed E-state index contributed by atoms with van der Waals surface area (Å²) in [5, 5.41) is 3.14. The molecule has 0 spiro atoms. The third-order valence-electron chi connectivity index (χ3n) is 2.65. The minimum atomic E-state index is 0.513. The van der Waals surface area contributed by atoms with Gasteiger partial charge in [-0.25, -0.2) is 0 Å². The lowest BCUT2D eigenvalue weighted by molar-refractivity contribution is 0.686. The lowest BCUT2D eigenvalue weighted by atomic mass is 9.91. The van der Waals surface area contributed by atoms with E-state index in [9.17, 15) is 0 Å². The lowest BCUT2D eigenvalue weighted by Crippen LogP contribution is -2.11. The first-order chi connectivity index (χ1) is 6.40. The zero-order valence-corrected chi connectivity index (χ0v) is 7.84. The second kappa shape index (κ2) is 3.79. The van der Waals surface area contributed by atoms with Gasteiger partial charge >= 0.3 is 0 Å². The predicted octanol–water partition coefficient (Wildman–Crippen LogP) is 1.89. The maximum absolute atomic E-state index is 5.43. The summed E-state index contributed by atoms with van der Waals surface area (Å²) in [5.41, 5.74) is 9.61. The van der Waals surface area contributed by atoms with Crippen molar-refractivity contribution in [2.45, 2.75) is 25.7 Å². The third-order valence-corrected chi connectivity index (χ3v) is 2.65. The summed E-state index contributed by atoms with van der Waals surface area (Å²) in [6.07, 6.45) is 5.16. The molecule has 0 atom stereocenters. The molecule has 0 saturated carbocycles. The Hall–Kier alpha value is -1.02. The quantitative estimate of drug-likeness (QED) is 0.675. The van der Waals surface area contributed by atoms with E-state index in [1.807, 2.05) is 0 Å². The van der Waals surface area contributed by atoms with Crippen LogP contribution in [0.2, 0.25) is 0 Å². The van der Waals surface area contributed by atoms with Crippen molar-refractivity contribution in [3.63, 3.8) is 0 Å². The third kappa shape index (κ3) is 1.83. The van der Waals surface area contributed by atoms with Crippen LogP contribution in [-0.4, -0.2) is 6.67 Å². The number of rotatable bonds is 2. The van der Waals surface area contributed by atoms with Crippen molar-refractivity contribution < 1.29 is 0 Å². The van der Waals surface area contributed by atoms with Crippen molar-refractivity contribution in [2.75, 3.05) is 12.0 Å². The minimum absolute atomic E-state index is 0.513. The second-order valence-corrected chi connectivity index (χ2v) is 3.57. The van der Waals surface area contributed by atoms with Gasteiger partial charge in [0, 0.05) is 5.69 Å². The summed E-state index contributed by atoms with van der Waals surface area (Å²) in [6, 6.07) is 6.59. The normalized spacial score (nSPS) is 15.2. The zero-order chi connectivity index (χ0) is 9.10. The number of hydrogen-bond acceptors (Lipinski definition) is 2. The van der Waals surface area contributed by atoms with Crippen LogP contribution in [0.25, 0.3) is 0 Å². The molecule has 0 fully saturated rings. The standard InChI is InChI=1S/C11H16N2/c12-8-13-11-6-5-9-3-1-2-4-10(9)7-11/h5-7,13H,1-4,8,12H2. The molecule has 0 bridgehead atoms. The van der Waals surface area contributed by atoms with E-state index < -0.39 is 0 Å². The Balaban J connectivity index is 2.24. The molecule has 0 unspecified atom stereocenters. The summed E-state index contributed by atoms with van der Waals surface area (Å²) in [7, 11) is 0. The maximum atomic E-state index is 5.43. The van der Waals surface area contributed by atoms with E-state index in [-0.39, 0.29) is 0 Å². The summed E-state index contributed by atoms with van der Waals surface area (Å²) in [5.74, 6) is 0. The molecule has 0 heterocycles. The molecule has 0 aliphatic heterocycles. The molecule has 0 amide bonds. The van der Waals surface area contributed by atoms with E-state index in [1.54, 1.807) is 0 Å². The fraction of sp³-hybridized carbons (Fsp3) is 0.455. The Morgan fingerprint density at radius 2 is 1.92 bits per heavy atom. The van der Waals surface area contributed by atoms with Gasteiger partial charge in [0.2, 0.25) is 0 Å². The van der Waals surface area contributed by atoms with E-state index in [0.29, 0.717) is 6.67 Å². The molecule has 1 aliphatic rings. The van der Waals surface area contributed by atoms with Gasteiger partial charge < -0.3 is 11.1 Å². The average molecular weight is 176 g/mol. The van der Waals surface area contributed by atoms with Gasteiger partial charge in [-0.15, -0.1) is 0 Å². The van der Waals surface area contributed by atoms with Crippen molar-refractivity contribution in [2.24, 2.45) is 5.73 Å². The van der Waals surface area contributed by atoms with Crippen LogP contribution in [0.3, 0.4) is 0 Å². The molecule has 0 saturated heterocycles. The van der Waals surface area contributed by atoms with Gasteiger partial charge in [-0.05, 0) is 48.9 Å². The van der Waals surface area contributed by atoms with E-state index >= 15 is 0 Å². The number of fused-ring (bicyclic) bond motifs is 1. The maximum Gasteiger partial charge on any atom is 0.0628 e. The lowest BCUT2D eigenvalue weighted by Gasteiger charge is -2.16. The Morgan fingerprint density at radius 1 is 1.15 bits per heavy atom. The van der Waals surface area contributed by atoms with Crippen molar-refractivity contribution in [1.29, 1.82) is 0 Å². The van der Waals surface area contributed by atoms with Crippen molar-refractivity contribution in [3.05, 3.63) is 29.3 Å². The Kier molecular flexibility index (Phi) is 2.50. The van der Waals surface area contributed by atoms with Crippen LogP contribution in [0.4, 0.5) is 5.69 Å². The molecule has 70 valence electrons. The van der Waals surface area contributed by atoms with Gasteiger partial charge in [0.05, 0.1) is 6.67 Å². The Bertz CT molecular complexity index is 294. The zero-order valence-electron chi connectivity index (χ0n) is 7.84.